The lowest BCUT2D eigenvalue weighted by Gasteiger charge is -2.37. The highest BCUT2D eigenvalue weighted by atomic mass is 19.4. The second kappa shape index (κ2) is 12.4. The zero-order valence-electron chi connectivity index (χ0n) is 24.0. The number of likely N-dealkylation sites (tertiary alicyclic amines) is 2. The molecule has 2 aromatic rings. The minimum absolute atomic E-state index is 0.0235. The molecule has 12 heteroatoms. The normalized spacial score (nSPS) is 22.5. The standard InChI is InChI=1S/C30H36F7N3O2/c1-18-12-24(31)7-8-26(18)27-20(16-39-10-5-6-25(39)17-42-4)9-11-40(27)28(41)38(3)19(2)21-13-22(29(32,33)34)15-23(14-21)30(35,36)37/h7-8,12-15,19-20,25,27H,5-6,9-11,16-17H2,1-4H3/t19-,20+,25-,27?/m0/s1. The number of aryl methyl sites for hydroxylation is 1. The first-order chi connectivity index (χ1) is 19.6. The fraction of sp³-hybridized carbons (Fsp3) is 0.567. The summed E-state index contributed by atoms with van der Waals surface area (Å²) in [6.07, 6.45) is -7.36. The Bertz CT molecular complexity index is 1230. The number of methoxy groups -OCH3 is 1. The van der Waals surface area contributed by atoms with Crippen molar-refractivity contribution in [2.45, 2.75) is 63.6 Å². The first-order valence-electron chi connectivity index (χ1n) is 13.9. The van der Waals surface area contributed by atoms with E-state index in [-0.39, 0.29) is 23.6 Å². The fourth-order valence-electron chi connectivity index (χ4n) is 6.28. The van der Waals surface area contributed by atoms with Gasteiger partial charge in [-0.2, -0.15) is 26.3 Å². The molecule has 1 unspecified atom stereocenters. The number of hydrogen-bond donors (Lipinski definition) is 0. The Morgan fingerprint density at radius 3 is 2.24 bits per heavy atom. The third-order valence-corrected chi connectivity index (χ3v) is 8.62. The first kappa shape index (κ1) is 32.1. The molecule has 0 spiro atoms. The van der Waals surface area contributed by atoms with Gasteiger partial charge in [0.1, 0.15) is 5.82 Å². The highest BCUT2D eigenvalue weighted by Crippen LogP contribution is 2.42. The summed E-state index contributed by atoms with van der Waals surface area (Å²) < 4.78 is 100. The van der Waals surface area contributed by atoms with Crippen LogP contribution in [-0.2, 0) is 17.1 Å². The van der Waals surface area contributed by atoms with Crippen molar-refractivity contribution in [2.75, 3.05) is 40.4 Å². The van der Waals surface area contributed by atoms with Gasteiger partial charge in [-0.1, -0.05) is 6.07 Å². The van der Waals surface area contributed by atoms with Crippen molar-refractivity contribution in [1.82, 2.24) is 14.7 Å². The van der Waals surface area contributed by atoms with Crippen LogP contribution < -0.4 is 0 Å². The second-order valence-corrected chi connectivity index (χ2v) is 11.3. The van der Waals surface area contributed by atoms with E-state index in [0.717, 1.165) is 24.9 Å². The highest BCUT2D eigenvalue weighted by molar-refractivity contribution is 5.76. The van der Waals surface area contributed by atoms with Gasteiger partial charge in [0, 0.05) is 33.3 Å². The van der Waals surface area contributed by atoms with E-state index in [2.05, 4.69) is 4.90 Å². The quantitative estimate of drug-likeness (QED) is 0.309. The average Bonchev–Trinajstić information content (AvgIpc) is 3.53. The molecule has 0 N–H and O–H groups in total. The second-order valence-electron chi connectivity index (χ2n) is 11.3. The van der Waals surface area contributed by atoms with E-state index in [4.69, 9.17) is 4.74 Å². The van der Waals surface area contributed by atoms with Crippen LogP contribution in [0.15, 0.2) is 36.4 Å². The summed E-state index contributed by atoms with van der Waals surface area (Å²) >= 11 is 0. The monoisotopic (exact) mass is 603 g/mol. The van der Waals surface area contributed by atoms with E-state index in [0.29, 0.717) is 43.8 Å². The average molecular weight is 604 g/mol. The van der Waals surface area contributed by atoms with E-state index in [1.165, 1.54) is 31.0 Å². The molecular weight excluding hydrogens is 567 g/mol. The molecule has 2 saturated heterocycles. The highest BCUT2D eigenvalue weighted by Gasteiger charge is 2.43. The number of ether oxygens (including phenoxy) is 1. The van der Waals surface area contributed by atoms with Gasteiger partial charge in [-0.15, -0.1) is 0 Å². The minimum atomic E-state index is -5.00. The van der Waals surface area contributed by atoms with Crippen LogP contribution in [0.3, 0.4) is 0 Å². The SMILES string of the molecule is COC[C@@H]1CCCN1C[C@H]1CCN(C(=O)N(C)[C@@H](C)c2cc(C(F)(F)F)cc(C(F)(F)F)c2)C1c1ccc(F)cc1C. The summed E-state index contributed by atoms with van der Waals surface area (Å²) in [5.41, 5.74) is -1.73. The van der Waals surface area contributed by atoms with Gasteiger partial charge in [0.2, 0.25) is 0 Å². The molecule has 2 amide bonds. The van der Waals surface area contributed by atoms with Crippen molar-refractivity contribution in [1.29, 1.82) is 0 Å². The van der Waals surface area contributed by atoms with Crippen molar-refractivity contribution in [3.8, 4) is 0 Å². The Morgan fingerprint density at radius 1 is 1.02 bits per heavy atom. The zero-order valence-corrected chi connectivity index (χ0v) is 24.0. The van der Waals surface area contributed by atoms with E-state index in [1.54, 1.807) is 25.0 Å². The van der Waals surface area contributed by atoms with Crippen molar-refractivity contribution >= 4 is 6.03 Å². The fourth-order valence-corrected chi connectivity index (χ4v) is 6.28. The Hall–Kier alpha value is -2.86. The summed E-state index contributed by atoms with van der Waals surface area (Å²) in [6, 6.07) is 3.91. The summed E-state index contributed by atoms with van der Waals surface area (Å²) in [6.45, 7) is 5.61. The molecule has 4 atom stereocenters. The Kier molecular flexibility index (Phi) is 9.46. The third kappa shape index (κ3) is 6.85. The number of carbonyl (C=O) groups is 1. The maximum Gasteiger partial charge on any atom is 0.416 e. The van der Waals surface area contributed by atoms with Gasteiger partial charge in [-0.25, -0.2) is 9.18 Å². The maximum absolute atomic E-state index is 14.0. The van der Waals surface area contributed by atoms with E-state index < -0.39 is 47.4 Å². The molecular formula is C30H36F7N3O2. The molecule has 232 valence electrons. The molecule has 0 saturated carbocycles. The van der Waals surface area contributed by atoms with Gasteiger partial charge >= 0.3 is 18.4 Å². The lowest BCUT2D eigenvalue weighted by molar-refractivity contribution is -0.143. The van der Waals surface area contributed by atoms with Gasteiger partial charge in [0.25, 0.3) is 0 Å². The predicted molar refractivity (Wildman–Crippen MR) is 143 cm³/mol. The summed E-state index contributed by atoms with van der Waals surface area (Å²) in [7, 11) is 3.02. The number of urea groups is 1. The van der Waals surface area contributed by atoms with E-state index in [1.807, 2.05) is 0 Å². The Balaban J connectivity index is 1.65. The summed E-state index contributed by atoms with van der Waals surface area (Å²) in [5.74, 6) is -0.441. The molecule has 2 aromatic carbocycles. The number of alkyl halides is 6. The minimum Gasteiger partial charge on any atom is -0.383 e. The third-order valence-electron chi connectivity index (χ3n) is 8.62. The van der Waals surface area contributed by atoms with Crippen molar-refractivity contribution in [2.24, 2.45) is 5.92 Å². The van der Waals surface area contributed by atoms with Crippen molar-refractivity contribution in [3.05, 3.63) is 70.0 Å². The smallest absolute Gasteiger partial charge is 0.383 e. The lowest BCUT2D eigenvalue weighted by atomic mass is 9.90. The molecule has 0 aliphatic carbocycles. The first-order valence-corrected chi connectivity index (χ1v) is 13.9. The number of hydrogen-bond acceptors (Lipinski definition) is 3. The molecule has 0 aromatic heterocycles. The molecule has 42 heavy (non-hydrogen) atoms. The predicted octanol–water partition coefficient (Wildman–Crippen LogP) is 7.46. The molecule has 0 bridgehead atoms. The molecule has 4 rings (SSSR count). The van der Waals surface area contributed by atoms with Gasteiger partial charge in [-0.3, -0.25) is 4.90 Å². The summed E-state index contributed by atoms with van der Waals surface area (Å²) in [5, 5.41) is 0. The number of nitrogens with zero attached hydrogens (tertiary/aromatic N) is 3. The zero-order chi connectivity index (χ0) is 31.0. The number of rotatable bonds is 7. The number of benzene rings is 2. The summed E-state index contributed by atoms with van der Waals surface area (Å²) in [4.78, 5) is 19.1. The van der Waals surface area contributed by atoms with Crippen LogP contribution in [0.5, 0.6) is 0 Å². The van der Waals surface area contributed by atoms with Gasteiger partial charge < -0.3 is 14.5 Å². The largest absolute Gasteiger partial charge is 0.416 e. The van der Waals surface area contributed by atoms with Crippen LogP contribution in [-0.4, -0.2) is 67.2 Å². The number of amides is 2. The van der Waals surface area contributed by atoms with Gasteiger partial charge in [0.05, 0.1) is 29.8 Å². The van der Waals surface area contributed by atoms with Crippen LogP contribution in [0.1, 0.15) is 66.1 Å². The maximum atomic E-state index is 14.0. The topological polar surface area (TPSA) is 36.0 Å². The Labute approximate surface area is 241 Å². The number of carbonyl (C=O) groups excluding carboxylic acids is 1. The van der Waals surface area contributed by atoms with E-state index in [9.17, 15) is 35.5 Å². The van der Waals surface area contributed by atoms with Gasteiger partial charge in [0.15, 0.2) is 0 Å². The van der Waals surface area contributed by atoms with Gasteiger partial charge in [-0.05, 0) is 92.6 Å². The lowest BCUT2D eigenvalue weighted by Crippen LogP contribution is -2.44. The molecule has 2 aliphatic heterocycles. The molecule has 2 heterocycles. The van der Waals surface area contributed by atoms with Crippen molar-refractivity contribution < 1.29 is 40.3 Å². The van der Waals surface area contributed by atoms with Crippen LogP contribution >= 0.6 is 0 Å². The van der Waals surface area contributed by atoms with Crippen LogP contribution in [0.25, 0.3) is 0 Å². The van der Waals surface area contributed by atoms with Crippen LogP contribution in [0.2, 0.25) is 0 Å². The van der Waals surface area contributed by atoms with Crippen LogP contribution in [0, 0.1) is 18.7 Å². The van der Waals surface area contributed by atoms with E-state index >= 15 is 0 Å². The van der Waals surface area contributed by atoms with Crippen LogP contribution in [0.4, 0.5) is 35.5 Å². The molecule has 5 nitrogen and oxygen atoms in total. The molecule has 0 radical (unpaired) electrons. The Morgan fingerprint density at radius 2 is 1.67 bits per heavy atom. The molecule has 2 aliphatic rings. The number of halogens is 7. The molecule has 2 fully saturated rings. The van der Waals surface area contributed by atoms with Crippen molar-refractivity contribution in [3.63, 3.8) is 0 Å².